The highest BCUT2D eigenvalue weighted by atomic mass is 16.4. The number of hydrogen-bond donors (Lipinski definition) is 1. The van der Waals surface area contributed by atoms with Crippen LogP contribution in [0, 0.1) is 5.41 Å². The topological polar surface area (TPSA) is 43.8 Å². The zero-order chi connectivity index (χ0) is 12.5. The highest BCUT2D eigenvalue weighted by Gasteiger charge is 2.36. The monoisotopic (exact) mass is 240 g/mol. The zero-order valence-corrected chi connectivity index (χ0v) is 11.0. The molecule has 1 heterocycles. The molecule has 2 fully saturated rings. The molecule has 0 radical (unpaired) electrons. The van der Waals surface area contributed by atoms with Crippen LogP contribution in [0.1, 0.15) is 33.1 Å². The van der Waals surface area contributed by atoms with E-state index in [2.05, 4.69) is 9.80 Å². The lowest BCUT2D eigenvalue weighted by atomic mass is 9.87. The van der Waals surface area contributed by atoms with Crippen molar-refractivity contribution in [3.05, 3.63) is 0 Å². The summed E-state index contributed by atoms with van der Waals surface area (Å²) in [5, 5.41) is 9.28. The van der Waals surface area contributed by atoms with Crippen molar-refractivity contribution < 1.29 is 9.90 Å². The Morgan fingerprint density at radius 2 is 1.88 bits per heavy atom. The average molecular weight is 240 g/mol. The van der Waals surface area contributed by atoms with Crippen molar-refractivity contribution in [2.45, 2.75) is 39.2 Å². The van der Waals surface area contributed by atoms with Crippen LogP contribution in [0.25, 0.3) is 0 Å². The van der Waals surface area contributed by atoms with Crippen molar-refractivity contribution in [3.63, 3.8) is 0 Å². The molecule has 0 aromatic carbocycles. The van der Waals surface area contributed by atoms with Gasteiger partial charge in [-0.25, -0.2) is 0 Å². The maximum atomic E-state index is 11.3. The van der Waals surface area contributed by atoms with E-state index in [1.165, 1.54) is 12.8 Å². The van der Waals surface area contributed by atoms with Gasteiger partial charge in [-0.3, -0.25) is 14.6 Å². The van der Waals surface area contributed by atoms with Gasteiger partial charge < -0.3 is 5.11 Å². The Morgan fingerprint density at radius 1 is 1.29 bits per heavy atom. The van der Waals surface area contributed by atoms with Crippen molar-refractivity contribution >= 4 is 5.97 Å². The van der Waals surface area contributed by atoms with Crippen LogP contribution in [0.3, 0.4) is 0 Å². The molecule has 0 amide bonds. The molecule has 2 rings (SSSR count). The second-order valence-electron chi connectivity index (χ2n) is 5.76. The van der Waals surface area contributed by atoms with Crippen LogP contribution >= 0.6 is 0 Å². The van der Waals surface area contributed by atoms with Gasteiger partial charge >= 0.3 is 5.97 Å². The number of hydrogen-bond acceptors (Lipinski definition) is 3. The number of nitrogens with zero attached hydrogens (tertiary/aromatic N) is 2. The third-order valence-corrected chi connectivity index (χ3v) is 4.34. The molecule has 1 saturated carbocycles. The van der Waals surface area contributed by atoms with Gasteiger partial charge in [-0.2, -0.15) is 0 Å². The number of piperazine rings is 1. The van der Waals surface area contributed by atoms with Crippen LogP contribution in [0.5, 0.6) is 0 Å². The molecule has 98 valence electrons. The van der Waals surface area contributed by atoms with Crippen LogP contribution in [0.2, 0.25) is 0 Å². The summed E-state index contributed by atoms with van der Waals surface area (Å²) in [6.07, 6.45) is 3.43. The molecule has 1 aliphatic heterocycles. The first-order valence-corrected chi connectivity index (χ1v) is 6.75. The summed E-state index contributed by atoms with van der Waals surface area (Å²) in [4.78, 5) is 16.1. The van der Waals surface area contributed by atoms with E-state index < -0.39 is 11.4 Å². The van der Waals surface area contributed by atoms with Crippen molar-refractivity contribution in [2.75, 3.05) is 32.7 Å². The third-order valence-electron chi connectivity index (χ3n) is 4.34. The molecule has 0 aromatic heterocycles. The number of rotatable bonds is 5. The van der Waals surface area contributed by atoms with Crippen LogP contribution < -0.4 is 0 Å². The van der Waals surface area contributed by atoms with E-state index in [4.69, 9.17) is 0 Å². The molecule has 4 nitrogen and oxygen atoms in total. The van der Waals surface area contributed by atoms with E-state index in [1.807, 2.05) is 13.8 Å². The minimum atomic E-state index is -0.662. The second-order valence-corrected chi connectivity index (χ2v) is 5.76. The maximum Gasteiger partial charge on any atom is 0.310 e. The van der Waals surface area contributed by atoms with Crippen molar-refractivity contribution in [1.29, 1.82) is 0 Å². The molecule has 0 spiro atoms. The lowest BCUT2D eigenvalue weighted by Crippen LogP contribution is -2.51. The molecule has 2 aliphatic rings. The highest BCUT2D eigenvalue weighted by Crippen LogP contribution is 2.28. The summed E-state index contributed by atoms with van der Waals surface area (Å²) >= 11 is 0. The second kappa shape index (κ2) is 4.94. The molecular formula is C13H24N2O2. The number of aliphatic carboxylic acids is 1. The SMILES string of the molecule is CCC(C)(CN1CCN(C2CC2)CC1)C(=O)O. The van der Waals surface area contributed by atoms with Gasteiger partial charge in [0.25, 0.3) is 0 Å². The molecule has 0 aromatic rings. The van der Waals surface area contributed by atoms with Gasteiger partial charge in [0.05, 0.1) is 5.41 Å². The predicted octanol–water partition coefficient (Wildman–Crippen LogP) is 1.27. The van der Waals surface area contributed by atoms with E-state index in [1.54, 1.807) is 0 Å². The lowest BCUT2D eigenvalue weighted by molar-refractivity contribution is -0.149. The fourth-order valence-electron chi connectivity index (χ4n) is 2.55. The number of carboxylic acid groups (broad SMARTS) is 1. The minimum absolute atomic E-state index is 0.582. The predicted molar refractivity (Wildman–Crippen MR) is 67.1 cm³/mol. The van der Waals surface area contributed by atoms with Crippen LogP contribution in [-0.4, -0.2) is 59.6 Å². The molecule has 4 heteroatoms. The summed E-state index contributed by atoms with van der Waals surface area (Å²) in [7, 11) is 0. The van der Waals surface area contributed by atoms with Gasteiger partial charge in [0.15, 0.2) is 0 Å². The Kier molecular flexibility index (Phi) is 3.73. The van der Waals surface area contributed by atoms with Crippen LogP contribution in [0.15, 0.2) is 0 Å². The zero-order valence-electron chi connectivity index (χ0n) is 11.0. The quantitative estimate of drug-likeness (QED) is 0.786. The molecule has 1 saturated heterocycles. The fourth-order valence-corrected chi connectivity index (χ4v) is 2.55. The van der Waals surface area contributed by atoms with Gasteiger partial charge in [0.1, 0.15) is 0 Å². The molecule has 17 heavy (non-hydrogen) atoms. The third kappa shape index (κ3) is 2.99. The van der Waals surface area contributed by atoms with Gasteiger partial charge in [-0.05, 0) is 26.2 Å². The van der Waals surface area contributed by atoms with Crippen LogP contribution in [0.4, 0.5) is 0 Å². The standard InChI is InChI=1S/C13H24N2O2/c1-3-13(2,12(16)17)10-14-6-8-15(9-7-14)11-4-5-11/h11H,3-10H2,1-2H3,(H,16,17). The molecule has 1 aliphatic carbocycles. The van der Waals surface area contributed by atoms with E-state index in [9.17, 15) is 9.90 Å². The van der Waals surface area contributed by atoms with Gasteiger partial charge in [-0.15, -0.1) is 0 Å². The Balaban J connectivity index is 1.81. The Morgan fingerprint density at radius 3 is 2.29 bits per heavy atom. The first-order valence-electron chi connectivity index (χ1n) is 6.75. The first kappa shape index (κ1) is 12.8. The van der Waals surface area contributed by atoms with Crippen LogP contribution in [-0.2, 0) is 4.79 Å². The van der Waals surface area contributed by atoms with Crippen molar-refractivity contribution in [1.82, 2.24) is 9.80 Å². The molecule has 0 bridgehead atoms. The maximum absolute atomic E-state index is 11.3. The highest BCUT2D eigenvalue weighted by molar-refractivity contribution is 5.74. The lowest BCUT2D eigenvalue weighted by Gasteiger charge is -2.38. The minimum Gasteiger partial charge on any atom is -0.481 e. The number of carbonyl (C=O) groups is 1. The largest absolute Gasteiger partial charge is 0.481 e. The summed E-state index contributed by atoms with van der Waals surface area (Å²) in [6.45, 7) is 8.81. The number of carboxylic acids is 1. The smallest absolute Gasteiger partial charge is 0.310 e. The summed E-state index contributed by atoms with van der Waals surface area (Å²) < 4.78 is 0. The fraction of sp³-hybridized carbons (Fsp3) is 0.923. The van der Waals surface area contributed by atoms with Gasteiger partial charge in [0, 0.05) is 38.8 Å². The average Bonchev–Trinajstić information content (AvgIpc) is 3.13. The van der Waals surface area contributed by atoms with E-state index in [0.29, 0.717) is 13.0 Å². The van der Waals surface area contributed by atoms with E-state index in [0.717, 1.165) is 32.2 Å². The molecule has 1 atom stereocenters. The molecule has 1 unspecified atom stereocenters. The van der Waals surface area contributed by atoms with Crippen molar-refractivity contribution in [3.8, 4) is 0 Å². The van der Waals surface area contributed by atoms with E-state index in [-0.39, 0.29) is 0 Å². The molecule has 1 N–H and O–H groups in total. The first-order chi connectivity index (χ1) is 8.05. The summed E-state index contributed by atoms with van der Waals surface area (Å²) in [6, 6.07) is 0.842. The Labute approximate surface area is 104 Å². The van der Waals surface area contributed by atoms with Crippen molar-refractivity contribution in [2.24, 2.45) is 5.41 Å². The summed E-state index contributed by atoms with van der Waals surface area (Å²) in [5.41, 5.74) is -0.582. The Bertz CT molecular complexity index is 283. The Hall–Kier alpha value is -0.610. The van der Waals surface area contributed by atoms with Gasteiger partial charge in [-0.1, -0.05) is 6.92 Å². The normalized spacial score (nSPS) is 26.7. The molecular weight excluding hydrogens is 216 g/mol. The van der Waals surface area contributed by atoms with Gasteiger partial charge in [0.2, 0.25) is 0 Å². The van der Waals surface area contributed by atoms with E-state index >= 15 is 0 Å². The summed E-state index contributed by atoms with van der Waals surface area (Å²) in [5.74, 6) is -0.662.